The van der Waals surface area contributed by atoms with E-state index in [9.17, 15) is 0 Å². The van der Waals surface area contributed by atoms with Gasteiger partial charge in [-0.3, -0.25) is 0 Å². The van der Waals surface area contributed by atoms with Crippen LogP contribution in [0.3, 0.4) is 0 Å². The highest BCUT2D eigenvalue weighted by Crippen LogP contribution is 2.13. The Balaban J connectivity index is 2.06. The molecule has 0 aromatic heterocycles. The van der Waals surface area contributed by atoms with E-state index in [1.54, 1.807) is 0 Å². The summed E-state index contributed by atoms with van der Waals surface area (Å²) in [5.41, 5.74) is 0. The predicted molar refractivity (Wildman–Crippen MR) is 94.0 cm³/mol. The van der Waals surface area contributed by atoms with E-state index in [4.69, 9.17) is 0 Å². The van der Waals surface area contributed by atoms with Crippen LogP contribution in [0.4, 0.5) is 0 Å². The Bertz CT molecular complexity index is 239. The van der Waals surface area contributed by atoms with Crippen molar-refractivity contribution in [3.8, 4) is 0 Å². The maximum Gasteiger partial charge on any atom is 0.000749 e. The Morgan fingerprint density at radius 2 is 1.62 bits per heavy atom. The number of nitrogens with zero attached hydrogens (tertiary/aromatic N) is 3. The van der Waals surface area contributed by atoms with Gasteiger partial charge in [0.1, 0.15) is 0 Å². The van der Waals surface area contributed by atoms with Gasteiger partial charge in [0.25, 0.3) is 0 Å². The summed E-state index contributed by atoms with van der Waals surface area (Å²) in [6, 6.07) is 0. The van der Waals surface area contributed by atoms with Crippen LogP contribution in [-0.2, 0) is 0 Å². The number of hydrogen-bond donors (Lipinski definition) is 0. The van der Waals surface area contributed by atoms with Crippen molar-refractivity contribution in [3.63, 3.8) is 0 Å². The van der Waals surface area contributed by atoms with E-state index in [1.165, 1.54) is 84.5 Å². The molecule has 1 aliphatic rings. The van der Waals surface area contributed by atoms with Crippen LogP contribution in [0.25, 0.3) is 0 Å². The molecule has 0 amide bonds. The van der Waals surface area contributed by atoms with Crippen LogP contribution in [0, 0.1) is 5.92 Å². The van der Waals surface area contributed by atoms with Gasteiger partial charge in [-0.25, -0.2) is 0 Å². The molecule has 1 rings (SSSR count). The molecule has 0 radical (unpaired) electrons. The Morgan fingerprint density at radius 3 is 2.24 bits per heavy atom. The Kier molecular flexibility index (Phi) is 10.3. The molecular formula is C18H39N3. The molecule has 1 saturated heterocycles. The standard InChI is InChI=1S/C18H39N3/c1-5-19(4)12-7-8-13-20(6-2)16-11-18(3)17-21-14-9-10-15-21/h18H,5-17H2,1-4H3. The van der Waals surface area contributed by atoms with E-state index in [-0.39, 0.29) is 0 Å². The first kappa shape index (κ1) is 18.9. The lowest BCUT2D eigenvalue weighted by Crippen LogP contribution is -2.31. The number of rotatable bonds is 12. The van der Waals surface area contributed by atoms with E-state index < -0.39 is 0 Å². The van der Waals surface area contributed by atoms with E-state index in [0.717, 1.165) is 5.92 Å². The van der Waals surface area contributed by atoms with Crippen LogP contribution in [-0.4, -0.2) is 74.1 Å². The van der Waals surface area contributed by atoms with Crippen LogP contribution in [0.2, 0.25) is 0 Å². The van der Waals surface area contributed by atoms with Crippen LogP contribution >= 0.6 is 0 Å². The minimum absolute atomic E-state index is 0.850. The van der Waals surface area contributed by atoms with Crippen molar-refractivity contribution in [1.82, 2.24) is 14.7 Å². The fourth-order valence-electron chi connectivity index (χ4n) is 3.20. The van der Waals surface area contributed by atoms with Gasteiger partial charge < -0.3 is 14.7 Å². The fourth-order valence-corrected chi connectivity index (χ4v) is 3.20. The Hall–Kier alpha value is -0.120. The zero-order chi connectivity index (χ0) is 15.5. The van der Waals surface area contributed by atoms with Crippen LogP contribution in [0.15, 0.2) is 0 Å². The van der Waals surface area contributed by atoms with Gasteiger partial charge in [0, 0.05) is 6.54 Å². The third-order valence-corrected chi connectivity index (χ3v) is 4.96. The van der Waals surface area contributed by atoms with E-state index >= 15 is 0 Å². The van der Waals surface area contributed by atoms with Crippen molar-refractivity contribution >= 4 is 0 Å². The van der Waals surface area contributed by atoms with Crippen molar-refractivity contribution in [2.75, 3.05) is 59.4 Å². The number of likely N-dealkylation sites (tertiary alicyclic amines) is 1. The van der Waals surface area contributed by atoms with E-state index in [1.807, 2.05) is 0 Å². The quantitative estimate of drug-likeness (QED) is 0.512. The highest BCUT2D eigenvalue weighted by atomic mass is 15.1. The smallest absolute Gasteiger partial charge is 0.000749 e. The summed E-state index contributed by atoms with van der Waals surface area (Å²) in [7, 11) is 2.22. The molecule has 3 heteroatoms. The average Bonchev–Trinajstić information content (AvgIpc) is 2.99. The van der Waals surface area contributed by atoms with Gasteiger partial charge in [-0.15, -0.1) is 0 Å². The van der Waals surface area contributed by atoms with E-state index in [2.05, 4.69) is 42.5 Å². The topological polar surface area (TPSA) is 9.72 Å². The highest BCUT2D eigenvalue weighted by Gasteiger charge is 2.15. The lowest BCUT2D eigenvalue weighted by molar-refractivity contribution is 0.227. The monoisotopic (exact) mass is 297 g/mol. The molecule has 0 bridgehead atoms. The van der Waals surface area contributed by atoms with Crippen molar-refractivity contribution < 1.29 is 0 Å². The molecule has 0 aromatic rings. The van der Waals surface area contributed by atoms with Crippen molar-refractivity contribution in [1.29, 1.82) is 0 Å². The summed E-state index contributed by atoms with van der Waals surface area (Å²) in [4.78, 5) is 7.71. The fraction of sp³-hybridized carbons (Fsp3) is 1.00. The molecule has 21 heavy (non-hydrogen) atoms. The molecule has 0 spiro atoms. The first-order valence-electron chi connectivity index (χ1n) is 9.29. The molecule has 1 aliphatic heterocycles. The van der Waals surface area contributed by atoms with Gasteiger partial charge in [0.05, 0.1) is 0 Å². The second-order valence-corrected chi connectivity index (χ2v) is 6.94. The maximum atomic E-state index is 2.65. The summed E-state index contributed by atoms with van der Waals surface area (Å²) < 4.78 is 0. The Labute approximate surface area is 133 Å². The Morgan fingerprint density at radius 1 is 0.952 bits per heavy atom. The zero-order valence-electron chi connectivity index (χ0n) is 15.1. The highest BCUT2D eigenvalue weighted by molar-refractivity contribution is 4.70. The van der Waals surface area contributed by atoms with Crippen molar-refractivity contribution in [2.45, 2.75) is 52.9 Å². The van der Waals surface area contributed by atoms with E-state index in [0.29, 0.717) is 0 Å². The molecule has 0 saturated carbocycles. The van der Waals surface area contributed by atoms with Gasteiger partial charge in [0.15, 0.2) is 0 Å². The van der Waals surface area contributed by atoms with Gasteiger partial charge in [-0.1, -0.05) is 20.8 Å². The minimum Gasteiger partial charge on any atom is -0.307 e. The van der Waals surface area contributed by atoms with Crippen LogP contribution < -0.4 is 0 Å². The van der Waals surface area contributed by atoms with Crippen LogP contribution in [0.5, 0.6) is 0 Å². The second kappa shape index (κ2) is 11.4. The minimum atomic E-state index is 0.850. The van der Waals surface area contributed by atoms with Gasteiger partial charge in [-0.2, -0.15) is 0 Å². The molecule has 126 valence electrons. The molecule has 1 atom stereocenters. The predicted octanol–water partition coefficient (Wildman–Crippen LogP) is 3.16. The van der Waals surface area contributed by atoms with Crippen molar-refractivity contribution in [3.05, 3.63) is 0 Å². The molecule has 0 aromatic carbocycles. The number of unbranched alkanes of at least 4 members (excludes halogenated alkanes) is 1. The number of hydrogen-bond acceptors (Lipinski definition) is 3. The second-order valence-electron chi connectivity index (χ2n) is 6.94. The maximum absolute atomic E-state index is 2.65. The summed E-state index contributed by atoms with van der Waals surface area (Å²) in [6.45, 7) is 17.2. The molecule has 0 N–H and O–H groups in total. The average molecular weight is 298 g/mol. The third-order valence-electron chi connectivity index (χ3n) is 4.96. The first-order chi connectivity index (χ1) is 10.2. The van der Waals surface area contributed by atoms with Crippen molar-refractivity contribution in [2.24, 2.45) is 5.92 Å². The molecule has 1 fully saturated rings. The third kappa shape index (κ3) is 8.80. The SMILES string of the molecule is CCN(C)CCCCN(CC)CCC(C)CN1CCCC1. The van der Waals surface area contributed by atoms with Gasteiger partial charge >= 0.3 is 0 Å². The zero-order valence-corrected chi connectivity index (χ0v) is 15.1. The first-order valence-corrected chi connectivity index (χ1v) is 9.29. The van der Waals surface area contributed by atoms with Gasteiger partial charge in [0.2, 0.25) is 0 Å². The summed E-state index contributed by atoms with van der Waals surface area (Å²) in [5, 5.41) is 0. The summed E-state index contributed by atoms with van der Waals surface area (Å²) >= 11 is 0. The van der Waals surface area contributed by atoms with Crippen LogP contribution in [0.1, 0.15) is 52.9 Å². The largest absolute Gasteiger partial charge is 0.307 e. The molecule has 3 nitrogen and oxygen atoms in total. The summed E-state index contributed by atoms with van der Waals surface area (Å²) in [6.07, 6.45) is 6.88. The lowest BCUT2D eigenvalue weighted by Gasteiger charge is -2.25. The normalized spacial score (nSPS) is 18.0. The molecule has 0 aliphatic carbocycles. The van der Waals surface area contributed by atoms with Gasteiger partial charge in [-0.05, 0) is 90.9 Å². The lowest BCUT2D eigenvalue weighted by atomic mass is 10.1. The molecule has 1 unspecified atom stereocenters. The molecule has 1 heterocycles. The molecular weight excluding hydrogens is 258 g/mol. The summed E-state index contributed by atoms with van der Waals surface area (Å²) in [5.74, 6) is 0.850.